The summed E-state index contributed by atoms with van der Waals surface area (Å²) in [5.41, 5.74) is 6.62. The fourth-order valence-electron chi connectivity index (χ4n) is 4.88. The average Bonchev–Trinajstić information content (AvgIpc) is 3.15. The van der Waals surface area contributed by atoms with Gasteiger partial charge < -0.3 is 5.73 Å². The Morgan fingerprint density at radius 3 is 2.50 bits per heavy atom. The van der Waals surface area contributed by atoms with Gasteiger partial charge in [0.25, 0.3) is 0 Å². The number of rotatable bonds is 3. The zero-order valence-corrected chi connectivity index (χ0v) is 12.2. The predicted octanol–water partition coefficient (Wildman–Crippen LogP) is 3.01. The lowest BCUT2D eigenvalue weighted by Gasteiger charge is -2.49. The Morgan fingerprint density at radius 2 is 1.94 bits per heavy atom. The van der Waals surface area contributed by atoms with Crippen LogP contribution < -0.4 is 5.73 Å². The number of nitrogens with two attached hydrogens (primary N) is 1. The van der Waals surface area contributed by atoms with E-state index >= 15 is 0 Å². The zero-order valence-electron chi connectivity index (χ0n) is 12.2. The molecular formula is C16H30N2. The highest BCUT2D eigenvalue weighted by Gasteiger charge is 2.47. The van der Waals surface area contributed by atoms with Crippen molar-refractivity contribution in [2.24, 2.45) is 23.5 Å². The number of hydrogen-bond donors (Lipinski definition) is 1. The molecule has 1 saturated heterocycles. The van der Waals surface area contributed by atoms with Crippen molar-refractivity contribution in [2.45, 2.75) is 70.4 Å². The zero-order chi connectivity index (χ0) is 12.8. The molecule has 2 nitrogen and oxygen atoms in total. The van der Waals surface area contributed by atoms with Gasteiger partial charge in [0.2, 0.25) is 0 Å². The van der Waals surface area contributed by atoms with Crippen molar-refractivity contribution in [3.63, 3.8) is 0 Å². The second kappa shape index (κ2) is 4.79. The van der Waals surface area contributed by atoms with Crippen LogP contribution in [0.3, 0.4) is 0 Å². The maximum atomic E-state index is 6.27. The maximum Gasteiger partial charge on any atom is 0.0337 e. The van der Waals surface area contributed by atoms with E-state index in [-0.39, 0.29) is 0 Å². The lowest BCUT2D eigenvalue weighted by Crippen LogP contribution is -2.57. The normalized spacial score (nSPS) is 46.5. The van der Waals surface area contributed by atoms with Gasteiger partial charge in [-0.05, 0) is 56.8 Å². The lowest BCUT2D eigenvalue weighted by molar-refractivity contribution is 0.0242. The third kappa shape index (κ3) is 2.22. The molecule has 3 rings (SSSR count). The van der Waals surface area contributed by atoms with Crippen molar-refractivity contribution in [2.75, 3.05) is 13.1 Å². The molecule has 0 aromatic heterocycles. The maximum absolute atomic E-state index is 6.27. The molecule has 1 heterocycles. The van der Waals surface area contributed by atoms with Crippen LogP contribution in [0.2, 0.25) is 0 Å². The van der Waals surface area contributed by atoms with Gasteiger partial charge in [-0.1, -0.05) is 19.8 Å². The molecule has 104 valence electrons. The molecule has 3 aliphatic rings. The Hall–Kier alpha value is -0.0800. The molecule has 2 N–H and O–H groups in total. The van der Waals surface area contributed by atoms with Crippen molar-refractivity contribution in [1.82, 2.24) is 4.90 Å². The topological polar surface area (TPSA) is 29.3 Å². The van der Waals surface area contributed by atoms with Crippen molar-refractivity contribution in [1.29, 1.82) is 0 Å². The van der Waals surface area contributed by atoms with E-state index in [1.807, 2.05) is 0 Å². The monoisotopic (exact) mass is 250 g/mol. The summed E-state index contributed by atoms with van der Waals surface area (Å²) >= 11 is 0. The fraction of sp³-hybridized carbons (Fsp3) is 1.00. The van der Waals surface area contributed by atoms with Crippen LogP contribution in [0.15, 0.2) is 0 Å². The molecule has 2 heteroatoms. The molecule has 3 fully saturated rings. The minimum absolute atomic E-state index is 0.357. The third-order valence-electron chi connectivity index (χ3n) is 5.92. The Morgan fingerprint density at radius 1 is 1.17 bits per heavy atom. The first kappa shape index (κ1) is 12.9. The molecule has 18 heavy (non-hydrogen) atoms. The van der Waals surface area contributed by atoms with E-state index < -0.39 is 0 Å². The molecule has 4 atom stereocenters. The van der Waals surface area contributed by atoms with Gasteiger partial charge in [0.15, 0.2) is 0 Å². The van der Waals surface area contributed by atoms with Crippen LogP contribution >= 0.6 is 0 Å². The van der Waals surface area contributed by atoms with E-state index in [1.165, 1.54) is 51.5 Å². The molecule has 1 aliphatic heterocycles. The molecule has 0 aromatic rings. The van der Waals surface area contributed by atoms with Crippen molar-refractivity contribution >= 4 is 0 Å². The largest absolute Gasteiger partial charge is 0.329 e. The Balaban J connectivity index is 1.75. The first-order valence-corrected chi connectivity index (χ1v) is 8.11. The molecule has 2 aliphatic carbocycles. The van der Waals surface area contributed by atoms with Crippen molar-refractivity contribution < 1.29 is 0 Å². The van der Waals surface area contributed by atoms with E-state index in [0.29, 0.717) is 5.54 Å². The summed E-state index contributed by atoms with van der Waals surface area (Å²) in [5, 5.41) is 0. The Kier molecular flexibility index (Phi) is 3.44. The quantitative estimate of drug-likeness (QED) is 0.834. The van der Waals surface area contributed by atoms with Gasteiger partial charge in [0.1, 0.15) is 0 Å². The van der Waals surface area contributed by atoms with Gasteiger partial charge in [0.05, 0.1) is 0 Å². The van der Waals surface area contributed by atoms with E-state index in [9.17, 15) is 0 Å². The molecule has 0 aromatic carbocycles. The van der Waals surface area contributed by atoms with Crippen molar-refractivity contribution in [3.05, 3.63) is 0 Å². The standard InChI is InChI=1S/C16H30N2/c1-12-8-13(2)18(10-12)16(11-17)7-3-4-15(9-16)14-5-6-14/h12-15H,3-11,17H2,1-2H3. The highest BCUT2D eigenvalue weighted by Crippen LogP contribution is 2.49. The van der Waals surface area contributed by atoms with Crippen LogP contribution in [-0.4, -0.2) is 29.6 Å². The average molecular weight is 250 g/mol. The van der Waals surface area contributed by atoms with Crippen LogP contribution in [-0.2, 0) is 0 Å². The number of nitrogens with zero attached hydrogens (tertiary/aromatic N) is 1. The minimum Gasteiger partial charge on any atom is -0.329 e. The highest BCUT2D eigenvalue weighted by atomic mass is 15.3. The summed E-state index contributed by atoms with van der Waals surface area (Å²) in [7, 11) is 0. The van der Waals surface area contributed by atoms with Crippen LogP contribution in [0.4, 0.5) is 0 Å². The summed E-state index contributed by atoms with van der Waals surface area (Å²) < 4.78 is 0. The second-order valence-corrected chi connectivity index (χ2v) is 7.46. The molecule has 4 unspecified atom stereocenters. The summed E-state index contributed by atoms with van der Waals surface area (Å²) in [6.45, 7) is 6.99. The van der Waals surface area contributed by atoms with Gasteiger partial charge in [-0.3, -0.25) is 4.90 Å². The van der Waals surface area contributed by atoms with E-state index in [0.717, 1.165) is 30.3 Å². The Bertz CT molecular complexity index is 299. The summed E-state index contributed by atoms with van der Waals surface area (Å²) in [6.07, 6.45) is 10.00. The first-order valence-electron chi connectivity index (χ1n) is 8.11. The van der Waals surface area contributed by atoms with Crippen LogP contribution in [0.1, 0.15) is 58.8 Å². The van der Waals surface area contributed by atoms with Crippen LogP contribution in [0.25, 0.3) is 0 Å². The van der Waals surface area contributed by atoms with E-state index in [2.05, 4.69) is 18.7 Å². The van der Waals surface area contributed by atoms with Gasteiger partial charge in [-0.2, -0.15) is 0 Å². The molecule has 2 saturated carbocycles. The predicted molar refractivity (Wildman–Crippen MR) is 76.4 cm³/mol. The molecule has 0 spiro atoms. The third-order valence-corrected chi connectivity index (χ3v) is 5.92. The minimum atomic E-state index is 0.357. The van der Waals surface area contributed by atoms with Crippen LogP contribution in [0, 0.1) is 17.8 Å². The summed E-state index contributed by atoms with van der Waals surface area (Å²) in [6, 6.07) is 0.751. The van der Waals surface area contributed by atoms with Gasteiger partial charge in [-0.25, -0.2) is 0 Å². The first-order chi connectivity index (χ1) is 8.64. The van der Waals surface area contributed by atoms with Crippen molar-refractivity contribution in [3.8, 4) is 0 Å². The SMILES string of the molecule is CC1CC(C)N(C2(CN)CCCC(C3CC3)C2)C1. The molecular weight excluding hydrogens is 220 g/mol. The highest BCUT2D eigenvalue weighted by molar-refractivity contribution is 5.03. The smallest absolute Gasteiger partial charge is 0.0337 e. The van der Waals surface area contributed by atoms with Gasteiger partial charge in [-0.15, -0.1) is 0 Å². The number of hydrogen-bond acceptors (Lipinski definition) is 2. The second-order valence-electron chi connectivity index (χ2n) is 7.46. The molecule has 0 bridgehead atoms. The summed E-state index contributed by atoms with van der Waals surface area (Å²) in [5.74, 6) is 2.92. The van der Waals surface area contributed by atoms with E-state index in [4.69, 9.17) is 5.73 Å². The Labute approximate surface area is 112 Å². The molecule has 0 amide bonds. The van der Waals surface area contributed by atoms with Crippen LogP contribution in [0.5, 0.6) is 0 Å². The fourth-order valence-corrected chi connectivity index (χ4v) is 4.88. The van der Waals surface area contributed by atoms with E-state index in [1.54, 1.807) is 0 Å². The number of likely N-dealkylation sites (tertiary alicyclic amines) is 1. The van der Waals surface area contributed by atoms with Gasteiger partial charge >= 0.3 is 0 Å². The lowest BCUT2D eigenvalue weighted by atomic mass is 9.72. The van der Waals surface area contributed by atoms with Gasteiger partial charge in [0, 0.05) is 24.7 Å². The summed E-state index contributed by atoms with van der Waals surface area (Å²) in [4.78, 5) is 2.80. The molecule has 0 radical (unpaired) electrons.